The van der Waals surface area contributed by atoms with Crippen molar-refractivity contribution in [1.82, 2.24) is 0 Å². The van der Waals surface area contributed by atoms with Crippen LogP contribution in [-0.2, 0) is 0 Å². The molecule has 0 amide bonds. The average molecular weight is 305 g/mol. The van der Waals surface area contributed by atoms with Gasteiger partial charge in [-0.2, -0.15) is 0 Å². The second kappa shape index (κ2) is 15.9. The fraction of sp³-hybridized carbons (Fsp3) is 0.174. The first-order chi connectivity index (χ1) is 11.1. The third-order valence-electron chi connectivity index (χ3n) is 2.41. The quantitative estimate of drug-likeness (QED) is 0.317. The minimum absolute atomic E-state index is 1.30. The number of hydrogen-bond donors (Lipinski definition) is 0. The molecule has 0 aromatic carbocycles. The van der Waals surface area contributed by atoms with Crippen LogP contribution in [0.15, 0.2) is 108 Å². The predicted molar refractivity (Wildman–Crippen MR) is 107 cm³/mol. The van der Waals surface area contributed by atoms with E-state index in [0.29, 0.717) is 0 Å². The SMILES string of the molecule is CC(C)=CC=CC=CC=CC=C[CH+]C=CC=CC=CC=C(C)C. The fourth-order valence-corrected chi connectivity index (χ4v) is 1.33. The lowest BCUT2D eigenvalue weighted by molar-refractivity contribution is 1.39. The summed E-state index contributed by atoms with van der Waals surface area (Å²) in [5.74, 6) is 0. The Kier molecular flexibility index (Phi) is 14.2. The van der Waals surface area contributed by atoms with Crippen LogP contribution in [0.3, 0.4) is 0 Å². The zero-order chi connectivity index (χ0) is 17.2. The first-order valence-corrected chi connectivity index (χ1v) is 7.91. The maximum Gasteiger partial charge on any atom is 0.0466 e. The van der Waals surface area contributed by atoms with Crippen LogP contribution in [0.25, 0.3) is 0 Å². The van der Waals surface area contributed by atoms with Crippen molar-refractivity contribution in [2.45, 2.75) is 27.7 Å². The van der Waals surface area contributed by atoms with Crippen LogP contribution in [0.2, 0.25) is 0 Å². The van der Waals surface area contributed by atoms with E-state index in [4.69, 9.17) is 0 Å². The van der Waals surface area contributed by atoms with Crippen LogP contribution in [-0.4, -0.2) is 0 Å². The molecule has 0 aromatic heterocycles. The van der Waals surface area contributed by atoms with E-state index in [2.05, 4.69) is 39.8 Å². The van der Waals surface area contributed by atoms with Crippen molar-refractivity contribution in [3.05, 3.63) is 115 Å². The lowest BCUT2D eigenvalue weighted by Crippen LogP contribution is -1.60. The van der Waals surface area contributed by atoms with Gasteiger partial charge >= 0.3 is 0 Å². The van der Waals surface area contributed by atoms with Crippen molar-refractivity contribution in [2.24, 2.45) is 0 Å². The van der Waals surface area contributed by atoms with Crippen LogP contribution in [0.5, 0.6) is 0 Å². The molecule has 0 bridgehead atoms. The molecule has 0 heteroatoms. The molecule has 0 saturated heterocycles. The van der Waals surface area contributed by atoms with Gasteiger partial charge < -0.3 is 0 Å². The van der Waals surface area contributed by atoms with Crippen molar-refractivity contribution in [1.29, 1.82) is 0 Å². The van der Waals surface area contributed by atoms with Crippen molar-refractivity contribution < 1.29 is 0 Å². The summed E-state index contributed by atoms with van der Waals surface area (Å²) in [5.41, 5.74) is 2.60. The van der Waals surface area contributed by atoms with Gasteiger partial charge in [-0.25, -0.2) is 0 Å². The topological polar surface area (TPSA) is 0 Å². The number of allylic oxidation sites excluding steroid dienone is 18. The summed E-state index contributed by atoms with van der Waals surface area (Å²) < 4.78 is 0. The zero-order valence-corrected chi connectivity index (χ0v) is 14.8. The predicted octanol–water partition coefficient (Wildman–Crippen LogP) is 7.02. The maximum atomic E-state index is 2.08. The maximum absolute atomic E-state index is 2.08. The highest BCUT2D eigenvalue weighted by atomic mass is 13.8. The van der Waals surface area contributed by atoms with Gasteiger partial charge in [0.15, 0.2) is 0 Å². The van der Waals surface area contributed by atoms with Gasteiger partial charge in [0.1, 0.15) is 0 Å². The summed E-state index contributed by atoms with van der Waals surface area (Å²) in [6, 6.07) is 0. The standard InChI is InChI=1S/C23H29/c1-22(2)20-18-16-14-12-10-8-6-5-7-9-11-13-15-17-19-21-23(3)4/h5-21H,1-4H3/q+1. The molecule has 0 spiro atoms. The molecule has 0 aliphatic heterocycles. The molecular formula is C23H29+. The molecule has 0 radical (unpaired) electrons. The normalized spacial score (nSPS) is 12.9. The summed E-state index contributed by atoms with van der Waals surface area (Å²) in [5, 5.41) is 0. The Bertz CT molecular complexity index is 545. The molecule has 0 nitrogen and oxygen atoms in total. The first kappa shape index (κ1) is 20.5. The van der Waals surface area contributed by atoms with Crippen LogP contribution in [0, 0.1) is 6.42 Å². The summed E-state index contributed by atoms with van der Waals surface area (Å²) in [6.45, 7) is 8.34. The molecule has 23 heavy (non-hydrogen) atoms. The van der Waals surface area contributed by atoms with Gasteiger partial charge in [0.05, 0.1) is 0 Å². The van der Waals surface area contributed by atoms with Crippen LogP contribution in [0.4, 0.5) is 0 Å². The molecule has 0 aliphatic rings. The Morgan fingerprint density at radius 3 is 1.09 bits per heavy atom. The van der Waals surface area contributed by atoms with Crippen molar-refractivity contribution in [2.75, 3.05) is 0 Å². The van der Waals surface area contributed by atoms with E-state index in [0.717, 1.165) is 0 Å². The summed E-state index contributed by atoms with van der Waals surface area (Å²) in [7, 11) is 0. The smallest absolute Gasteiger partial charge is 0.0466 e. The van der Waals surface area contributed by atoms with E-state index >= 15 is 0 Å². The van der Waals surface area contributed by atoms with Gasteiger partial charge in [-0.05, 0) is 52.0 Å². The molecule has 0 atom stereocenters. The molecule has 0 aliphatic carbocycles. The highest BCUT2D eigenvalue weighted by Gasteiger charge is 1.76. The molecule has 0 aromatic rings. The van der Waals surface area contributed by atoms with Crippen molar-refractivity contribution in [3.63, 3.8) is 0 Å². The van der Waals surface area contributed by atoms with E-state index in [1.165, 1.54) is 11.1 Å². The van der Waals surface area contributed by atoms with Crippen LogP contribution in [0.1, 0.15) is 27.7 Å². The van der Waals surface area contributed by atoms with Gasteiger partial charge in [-0.1, -0.05) is 59.8 Å². The third kappa shape index (κ3) is 19.5. The van der Waals surface area contributed by atoms with E-state index in [9.17, 15) is 0 Å². The fourth-order valence-electron chi connectivity index (χ4n) is 1.33. The second-order valence-electron chi connectivity index (χ2n) is 5.37. The van der Waals surface area contributed by atoms with Gasteiger partial charge in [0, 0.05) is 30.7 Å². The number of rotatable bonds is 9. The summed E-state index contributed by atoms with van der Waals surface area (Å²) in [6.07, 6.45) is 34.4. The monoisotopic (exact) mass is 305 g/mol. The Labute approximate surface area is 143 Å². The van der Waals surface area contributed by atoms with Gasteiger partial charge in [-0.3, -0.25) is 0 Å². The molecule has 0 unspecified atom stereocenters. The van der Waals surface area contributed by atoms with E-state index in [-0.39, 0.29) is 0 Å². The second-order valence-corrected chi connectivity index (χ2v) is 5.37. The molecule has 120 valence electrons. The molecule has 0 saturated carbocycles. The van der Waals surface area contributed by atoms with E-state index in [1.807, 2.05) is 91.5 Å². The van der Waals surface area contributed by atoms with Crippen molar-refractivity contribution >= 4 is 0 Å². The Morgan fingerprint density at radius 2 is 0.739 bits per heavy atom. The zero-order valence-electron chi connectivity index (χ0n) is 14.8. The Hall–Kier alpha value is -2.47. The molecule has 0 N–H and O–H groups in total. The van der Waals surface area contributed by atoms with E-state index in [1.54, 1.807) is 0 Å². The highest BCUT2D eigenvalue weighted by Crippen LogP contribution is 1.91. The molecular weight excluding hydrogens is 276 g/mol. The Balaban J connectivity index is 3.86. The number of hydrogen-bond acceptors (Lipinski definition) is 0. The lowest BCUT2D eigenvalue weighted by Gasteiger charge is -1.79. The summed E-state index contributed by atoms with van der Waals surface area (Å²) >= 11 is 0. The molecule has 0 rings (SSSR count). The van der Waals surface area contributed by atoms with Gasteiger partial charge in [-0.15, -0.1) is 0 Å². The molecule has 0 fully saturated rings. The Morgan fingerprint density at radius 1 is 0.435 bits per heavy atom. The van der Waals surface area contributed by atoms with Gasteiger partial charge in [0.2, 0.25) is 0 Å². The average Bonchev–Trinajstić information content (AvgIpc) is 2.49. The van der Waals surface area contributed by atoms with Crippen LogP contribution >= 0.6 is 0 Å². The van der Waals surface area contributed by atoms with E-state index < -0.39 is 0 Å². The molecule has 0 heterocycles. The highest BCUT2D eigenvalue weighted by molar-refractivity contribution is 5.22. The minimum atomic E-state index is 1.30. The third-order valence-corrected chi connectivity index (χ3v) is 2.41. The van der Waals surface area contributed by atoms with Crippen molar-refractivity contribution in [3.8, 4) is 0 Å². The largest absolute Gasteiger partial charge is 0.0764 e. The minimum Gasteiger partial charge on any atom is -0.0764 e. The van der Waals surface area contributed by atoms with Crippen LogP contribution < -0.4 is 0 Å². The van der Waals surface area contributed by atoms with Gasteiger partial charge in [0.25, 0.3) is 0 Å². The first-order valence-electron chi connectivity index (χ1n) is 7.91. The lowest BCUT2D eigenvalue weighted by atomic mass is 10.3. The summed E-state index contributed by atoms with van der Waals surface area (Å²) in [4.78, 5) is 0.